The zero-order chi connectivity index (χ0) is 13.7. The number of rotatable bonds is 5. The van der Waals surface area contributed by atoms with Crippen molar-refractivity contribution in [2.75, 3.05) is 7.05 Å². The maximum atomic E-state index is 3.66. The number of nitrogens with one attached hydrogen (secondary N) is 1. The molecule has 1 aromatic rings. The Morgan fingerprint density at radius 1 is 1.11 bits per heavy atom. The minimum Gasteiger partial charge on any atom is -0.316 e. The molecule has 1 nitrogen and oxygen atoms in total. The van der Waals surface area contributed by atoms with E-state index in [0.29, 0.717) is 11.5 Å². The molecule has 0 aliphatic heterocycles. The summed E-state index contributed by atoms with van der Waals surface area (Å²) in [6, 6.07) is 11.8. The molecule has 1 N–H and O–H groups in total. The van der Waals surface area contributed by atoms with Crippen molar-refractivity contribution in [1.29, 1.82) is 0 Å². The first kappa shape index (κ1) is 14.6. The predicted molar refractivity (Wildman–Crippen MR) is 83.5 cm³/mol. The summed E-state index contributed by atoms with van der Waals surface area (Å²) in [6.07, 6.45) is 8.10. The fourth-order valence-electron chi connectivity index (χ4n) is 4.07. The quantitative estimate of drug-likeness (QED) is 0.819. The predicted octanol–water partition coefficient (Wildman–Crippen LogP) is 4.52. The first-order valence-corrected chi connectivity index (χ1v) is 7.97. The Kier molecular flexibility index (Phi) is 5.04. The molecule has 1 aliphatic rings. The van der Waals surface area contributed by atoms with Gasteiger partial charge in [0.1, 0.15) is 0 Å². The van der Waals surface area contributed by atoms with Gasteiger partial charge in [-0.1, -0.05) is 69.9 Å². The molecule has 106 valence electrons. The number of benzene rings is 1. The van der Waals surface area contributed by atoms with Crippen LogP contribution >= 0.6 is 0 Å². The van der Waals surface area contributed by atoms with Crippen LogP contribution in [0.4, 0.5) is 0 Å². The molecule has 2 rings (SSSR count). The SMILES string of the molecule is CCC(C)C(NC)C1(c2ccccc2)CCCCC1. The lowest BCUT2D eigenvalue weighted by Gasteiger charge is -2.46. The topological polar surface area (TPSA) is 12.0 Å². The molecule has 1 saturated carbocycles. The van der Waals surface area contributed by atoms with Crippen molar-refractivity contribution in [3.8, 4) is 0 Å². The lowest BCUT2D eigenvalue weighted by atomic mass is 9.62. The molecule has 0 spiro atoms. The summed E-state index contributed by atoms with van der Waals surface area (Å²) in [5.74, 6) is 0.725. The molecule has 2 atom stereocenters. The highest BCUT2D eigenvalue weighted by atomic mass is 14.9. The highest BCUT2D eigenvalue weighted by molar-refractivity contribution is 5.29. The summed E-state index contributed by atoms with van der Waals surface area (Å²) in [5, 5.41) is 3.66. The van der Waals surface area contributed by atoms with E-state index in [9.17, 15) is 0 Å². The molecular weight excluding hydrogens is 230 g/mol. The van der Waals surface area contributed by atoms with Crippen molar-refractivity contribution in [3.63, 3.8) is 0 Å². The fourth-order valence-corrected chi connectivity index (χ4v) is 4.07. The molecule has 19 heavy (non-hydrogen) atoms. The molecule has 1 heteroatoms. The molecule has 1 aliphatic carbocycles. The minimum atomic E-state index is 0.351. The Morgan fingerprint density at radius 3 is 2.26 bits per heavy atom. The lowest BCUT2D eigenvalue weighted by Crippen LogP contribution is -2.51. The van der Waals surface area contributed by atoms with E-state index < -0.39 is 0 Å². The fraction of sp³-hybridized carbons (Fsp3) is 0.667. The zero-order valence-corrected chi connectivity index (χ0v) is 12.8. The molecular formula is C18H29N. The summed E-state index contributed by atoms with van der Waals surface area (Å²) in [5.41, 5.74) is 1.90. The Hall–Kier alpha value is -0.820. The van der Waals surface area contributed by atoms with Gasteiger partial charge in [0.25, 0.3) is 0 Å². The first-order valence-electron chi connectivity index (χ1n) is 7.97. The van der Waals surface area contributed by atoms with Crippen molar-refractivity contribution >= 4 is 0 Å². The van der Waals surface area contributed by atoms with Crippen LogP contribution in [-0.4, -0.2) is 13.1 Å². The van der Waals surface area contributed by atoms with E-state index in [1.807, 2.05) is 0 Å². The van der Waals surface area contributed by atoms with E-state index in [0.717, 1.165) is 5.92 Å². The number of hydrogen-bond acceptors (Lipinski definition) is 1. The van der Waals surface area contributed by atoms with Crippen LogP contribution in [0.5, 0.6) is 0 Å². The monoisotopic (exact) mass is 259 g/mol. The van der Waals surface area contributed by atoms with Gasteiger partial charge in [0.05, 0.1) is 0 Å². The number of hydrogen-bond donors (Lipinski definition) is 1. The van der Waals surface area contributed by atoms with Gasteiger partial charge in [0, 0.05) is 11.5 Å². The van der Waals surface area contributed by atoms with Crippen LogP contribution < -0.4 is 5.32 Å². The van der Waals surface area contributed by atoms with Crippen LogP contribution in [0.2, 0.25) is 0 Å². The average Bonchev–Trinajstić information content (AvgIpc) is 2.49. The van der Waals surface area contributed by atoms with Crippen LogP contribution in [0, 0.1) is 5.92 Å². The van der Waals surface area contributed by atoms with Gasteiger partial charge in [-0.15, -0.1) is 0 Å². The van der Waals surface area contributed by atoms with E-state index >= 15 is 0 Å². The normalized spacial score (nSPS) is 21.8. The highest BCUT2D eigenvalue weighted by Crippen LogP contribution is 2.44. The third-order valence-electron chi connectivity index (χ3n) is 5.21. The smallest absolute Gasteiger partial charge is 0.0186 e. The molecule has 1 aromatic carbocycles. The van der Waals surface area contributed by atoms with Crippen molar-refractivity contribution in [3.05, 3.63) is 35.9 Å². The summed E-state index contributed by atoms with van der Waals surface area (Å²) in [7, 11) is 2.15. The molecule has 0 radical (unpaired) electrons. The largest absolute Gasteiger partial charge is 0.316 e. The van der Waals surface area contributed by atoms with E-state index in [1.54, 1.807) is 5.56 Å². The third kappa shape index (κ3) is 2.86. The standard InChI is InChI=1S/C18H29N/c1-4-15(2)17(19-3)18(13-9-6-10-14-18)16-11-7-5-8-12-16/h5,7-8,11-12,15,17,19H,4,6,9-10,13-14H2,1-3H3. The first-order chi connectivity index (χ1) is 9.24. The maximum absolute atomic E-state index is 3.66. The van der Waals surface area contributed by atoms with Crippen molar-refractivity contribution in [2.45, 2.75) is 63.8 Å². The summed E-state index contributed by atoms with van der Waals surface area (Å²) in [6.45, 7) is 4.72. The zero-order valence-electron chi connectivity index (χ0n) is 12.8. The summed E-state index contributed by atoms with van der Waals surface area (Å²) >= 11 is 0. The van der Waals surface area contributed by atoms with Gasteiger partial charge in [0.15, 0.2) is 0 Å². The van der Waals surface area contributed by atoms with Crippen molar-refractivity contribution in [2.24, 2.45) is 5.92 Å². The Labute approximate surface area is 118 Å². The Bertz CT molecular complexity index is 365. The van der Waals surface area contributed by atoms with Crippen LogP contribution in [0.25, 0.3) is 0 Å². The van der Waals surface area contributed by atoms with Crippen LogP contribution in [0.15, 0.2) is 30.3 Å². The second kappa shape index (κ2) is 6.56. The van der Waals surface area contributed by atoms with Gasteiger partial charge in [-0.25, -0.2) is 0 Å². The number of likely N-dealkylation sites (N-methyl/N-ethyl adjacent to an activating group) is 1. The van der Waals surface area contributed by atoms with Crippen LogP contribution in [-0.2, 0) is 5.41 Å². The van der Waals surface area contributed by atoms with Crippen LogP contribution in [0.3, 0.4) is 0 Å². The van der Waals surface area contributed by atoms with E-state index in [-0.39, 0.29) is 0 Å². The second-order valence-corrected chi connectivity index (χ2v) is 6.23. The van der Waals surface area contributed by atoms with Crippen LogP contribution in [0.1, 0.15) is 57.9 Å². The second-order valence-electron chi connectivity index (χ2n) is 6.23. The highest BCUT2D eigenvalue weighted by Gasteiger charge is 2.42. The molecule has 0 aromatic heterocycles. The molecule has 0 heterocycles. The molecule has 0 saturated heterocycles. The third-order valence-corrected chi connectivity index (χ3v) is 5.21. The minimum absolute atomic E-state index is 0.351. The van der Waals surface area contributed by atoms with Gasteiger partial charge in [-0.3, -0.25) is 0 Å². The molecule has 2 unspecified atom stereocenters. The van der Waals surface area contributed by atoms with Gasteiger partial charge >= 0.3 is 0 Å². The van der Waals surface area contributed by atoms with Gasteiger partial charge < -0.3 is 5.32 Å². The maximum Gasteiger partial charge on any atom is 0.0186 e. The summed E-state index contributed by atoms with van der Waals surface area (Å²) in [4.78, 5) is 0. The molecule has 0 amide bonds. The Morgan fingerprint density at radius 2 is 1.74 bits per heavy atom. The molecule has 0 bridgehead atoms. The van der Waals surface area contributed by atoms with Crippen molar-refractivity contribution < 1.29 is 0 Å². The van der Waals surface area contributed by atoms with Crippen molar-refractivity contribution in [1.82, 2.24) is 5.32 Å². The average molecular weight is 259 g/mol. The van der Waals surface area contributed by atoms with E-state index in [4.69, 9.17) is 0 Å². The van der Waals surface area contributed by atoms with Gasteiger partial charge in [-0.05, 0) is 31.4 Å². The summed E-state index contributed by atoms with van der Waals surface area (Å²) < 4.78 is 0. The van der Waals surface area contributed by atoms with Gasteiger partial charge in [0.2, 0.25) is 0 Å². The molecule has 1 fully saturated rings. The van der Waals surface area contributed by atoms with Gasteiger partial charge in [-0.2, -0.15) is 0 Å². The van der Waals surface area contributed by atoms with E-state index in [1.165, 1.54) is 38.5 Å². The Balaban J connectivity index is 2.39. The van der Waals surface area contributed by atoms with E-state index in [2.05, 4.69) is 56.5 Å². The lowest BCUT2D eigenvalue weighted by molar-refractivity contribution is 0.172.